The average molecular weight is 306 g/mol. The minimum atomic E-state index is -0.0800. The van der Waals surface area contributed by atoms with Crippen LogP contribution in [0.25, 0.3) is 0 Å². The Morgan fingerprint density at radius 3 is 2.45 bits per heavy atom. The van der Waals surface area contributed by atoms with E-state index < -0.39 is 0 Å². The molecule has 0 saturated heterocycles. The standard InChI is InChI=1S/C17H26N2O3/c1-12(2)17(21)19-9-8-18-16(20)7-10-22-15-6-5-13(3)11-14(15)4/h5-6,11-12H,7-10H2,1-4H3,(H,18,20)(H,19,21). The van der Waals surface area contributed by atoms with Gasteiger partial charge in [-0.3, -0.25) is 9.59 Å². The molecule has 0 heterocycles. The summed E-state index contributed by atoms with van der Waals surface area (Å²) >= 11 is 0. The number of hydrogen-bond acceptors (Lipinski definition) is 3. The molecule has 5 nitrogen and oxygen atoms in total. The lowest BCUT2D eigenvalue weighted by molar-refractivity contribution is -0.124. The molecule has 122 valence electrons. The van der Waals surface area contributed by atoms with Crippen LogP contribution in [0.5, 0.6) is 5.75 Å². The smallest absolute Gasteiger partial charge is 0.223 e. The molecule has 0 aliphatic carbocycles. The summed E-state index contributed by atoms with van der Waals surface area (Å²) in [6.07, 6.45) is 0.297. The summed E-state index contributed by atoms with van der Waals surface area (Å²) in [6, 6.07) is 5.95. The molecule has 2 N–H and O–H groups in total. The van der Waals surface area contributed by atoms with Gasteiger partial charge in [0.1, 0.15) is 5.75 Å². The van der Waals surface area contributed by atoms with Gasteiger partial charge in [0, 0.05) is 19.0 Å². The molecule has 0 bridgehead atoms. The molecule has 0 atom stereocenters. The normalized spacial score (nSPS) is 10.4. The molecule has 5 heteroatoms. The number of ether oxygens (including phenoxy) is 1. The zero-order chi connectivity index (χ0) is 16.5. The first kappa shape index (κ1) is 18.0. The Balaban J connectivity index is 2.17. The molecule has 1 aromatic rings. The highest BCUT2D eigenvalue weighted by atomic mass is 16.5. The van der Waals surface area contributed by atoms with E-state index >= 15 is 0 Å². The third kappa shape index (κ3) is 6.61. The van der Waals surface area contributed by atoms with E-state index in [9.17, 15) is 9.59 Å². The second-order valence-corrected chi connectivity index (χ2v) is 5.66. The van der Waals surface area contributed by atoms with Crippen LogP contribution in [0.3, 0.4) is 0 Å². The van der Waals surface area contributed by atoms with E-state index in [4.69, 9.17) is 4.74 Å². The third-order valence-electron chi connectivity index (χ3n) is 3.19. The highest BCUT2D eigenvalue weighted by Gasteiger charge is 2.06. The molecular weight excluding hydrogens is 280 g/mol. The predicted molar refractivity (Wildman–Crippen MR) is 86.9 cm³/mol. The van der Waals surface area contributed by atoms with Gasteiger partial charge in [0.15, 0.2) is 0 Å². The molecule has 0 saturated carbocycles. The van der Waals surface area contributed by atoms with Crippen LogP contribution in [0.2, 0.25) is 0 Å². The average Bonchev–Trinajstić information content (AvgIpc) is 2.45. The molecule has 0 aromatic heterocycles. The summed E-state index contributed by atoms with van der Waals surface area (Å²) < 4.78 is 5.61. The Hall–Kier alpha value is -2.04. The molecule has 0 radical (unpaired) electrons. The topological polar surface area (TPSA) is 67.4 Å². The second kappa shape index (κ2) is 9.07. The van der Waals surface area contributed by atoms with Gasteiger partial charge in [-0.05, 0) is 25.5 Å². The van der Waals surface area contributed by atoms with Gasteiger partial charge < -0.3 is 15.4 Å². The largest absolute Gasteiger partial charge is 0.493 e. The van der Waals surface area contributed by atoms with Gasteiger partial charge in [-0.1, -0.05) is 31.5 Å². The molecular formula is C17H26N2O3. The van der Waals surface area contributed by atoms with Crippen LogP contribution in [-0.2, 0) is 9.59 Å². The fourth-order valence-electron chi connectivity index (χ4n) is 1.90. The summed E-state index contributed by atoms with van der Waals surface area (Å²) in [5.41, 5.74) is 2.25. The number of amides is 2. The van der Waals surface area contributed by atoms with E-state index in [-0.39, 0.29) is 17.7 Å². The Labute approximate surface area is 132 Å². The van der Waals surface area contributed by atoms with Crippen LogP contribution in [0.15, 0.2) is 18.2 Å². The summed E-state index contributed by atoms with van der Waals surface area (Å²) in [7, 11) is 0. The molecule has 0 fully saturated rings. The molecule has 2 amide bonds. The molecule has 1 aromatic carbocycles. The number of aryl methyl sites for hydroxylation is 2. The lowest BCUT2D eigenvalue weighted by atomic mass is 10.1. The number of carbonyl (C=O) groups is 2. The molecule has 0 aliphatic rings. The first-order valence-electron chi connectivity index (χ1n) is 7.64. The van der Waals surface area contributed by atoms with E-state index in [0.29, 0.717) is 26.1 Å². The lowest BCUT2D eigenvalue weighted by Crippen LogP contribution is -2.36. The van der Waals surface area contributed by atoms with E-state index in [1.807, 2.05) is 45.9 Å². The van der Waals surface area contributed by atoms with Crippen molar-refractivity contribution in [3.63, 3.8) is 0 Å². The number of rotatable bonds is 8. The van der Waals surface area contributed by atoms with E-state index in [2.05, 4.69) is 10.6 Å². The number of carbonyl (C=O) groups excluding carboxylic acids is 2. The van der Waals surface area contributed by atoms with Gasteiger partial charge in [-0.15, -0.1) is 0 Å². The summed E-state index contributed by atoms with van der Waals surface area (Å²) in [5, 5.41) is 5.50. The van der Waals surface area contributed by atoms with Crippen molar-refractivity contribution in [2.75, 3.05) is 19.7 Å². The summed E-state index contributed by atoms with van der Waals surface area (Å²) in [6.45, 7) is 8.90. The fourth-order valence-corrected chi connectivity index (χ4v) is 1.90. The van der Waals surface area contributed by atoms with E-state index in [1.165, 1.54) is 5.56 Å². The van der Waals surface area contributed by atoms with Gasteiger partial charge in [-0.25, -0.2) is 0 Å². The minimum absolute atomic E-state index is 0.00701. The Morgan fingerprint density at radius 2 is 1.82 bits per heavy atom. The maximum atomic E-state index is 11.6. The minimum Gasteiger partial charge on any atom is -0.493 e. The van der Waals surface area contributed by atoms with Crippen molar-refractivity contribution < 1.29 is 14.3 Å². The first-order chi connectivity index (χ1) is 10.4. The SMILES string of the molecule is Cc1ccc(OCCC(=O)NCCNC(=O)C(C)C)c(C)c1. The van der Waals surface area contributed by atoms with Crippen molar-refractivity contribution in [2.45, 2.75) is 34.1 Å². The van der Waals surface area contributed by atoms with Crippen molar-refractivity contribution in [1.29, 1.82) is 0 Å². The number of benzene rings is 1. The van der Waals surface area contributed by atoms with Crippen LogP contribution < -0.4 is 15.4 Å². The molecule has 0 spiro atoms. The Kier molecular flexibility index (Phi) is 7.43. The van der Waals surface area contributed by atoms with Gasteiger partial charge >= 0.3 is 0 Å². The second-order valence-electron chi connectivity index (χ2n) is 5.66. The van der Waals surface area contributed by atoms with E-state index in [1.54, 1.807) is 0 Å². The summed E-state index contributed by atoms with van der Waals surface area (Å²) in [4.78, 5) is 23.0. The van der Waals surface area contributed by atoms with E-state index in [0.717, 1.165) is 11.3 Å². The van der Waals surface area contributed by atoms with Crippen LogP contribution >= 0.6 is 0 Å². The zero-order valence-electron chi connectivity index (χ0n) is 13.9. The lowest BCUT2D eigenvalue weighted by Gasteiger charge is -2.11. The van der Waals surface area contributed by atoms with Gasteiger partial charge in [0.05, 0.1) is 13.0 Å². The number of hydrogen-bond donors (Lipinski definition) is 2. The van der Waals surface area contributed by atoms with Gasteiger partial charge in [-0.2, -0.15) is 0 Å². The molecule has 0 unspecified atom stereocenters. The van der Waals surface area contributed by atoms with Gasteiger partial charge in [0.25, 0.3) is 0 Å². The van der Waals surface area contributed by atoms with Crippen LogP contribution in [0.1, 0.15) is 31.4 Å². The van der Waals surface area contributed by atoms with Crippen molar-refractivity contribution in [2.24, 2.45) is 5.92 Å². The maximum absolute atomic E-state index is 11.6. The van der Waals surface area contributed by atoms with Crippen molar-refractivity contribution >= 4 is 11.8 Å². The zero-order valence-corrected chi connectivity index (χ0v) is 13.9. The quantitative estimate of drug-likeness (QED) is 0.722. The van der Waals surface area contributed by atoms with Crippen molar-refractivity contribution in [1.82, 2.24) is 10.6 Å². The summed E-state index contributed by atoms with van der Waals surface area (Å²) in [5.74, 6) is 0.681. The molecule has 22 heavy (non-hydrogen) atoms. The van der Waals surface area contributed by atoms with Crippen molar-refractivity contribution in [3.8, 4) is 5.75 Å². The van der Waals surface area contributed by atoms with Gasteiger partial charge in [0.2, 0.25) is 11.8 Å². The van der Waals surface area contributed by atoms with Crippen molar-refractivity contribution in [3.05, 3.63) is 29.3 Å². The van der Waals surface area contributed by atoms with Crippen LogP contribution in [-0.4, -0.2) is 31.5 Å². The van der Waals surface area contributed by atoms with Crippen LogP contribution in [0.4, 0.5) is 0 Å². The monoisotopic (exact) mass is 306 g/mol. The van der Waals surface area contributed by atoms with Crippen LogP contribution in [0, 0.1) is 19.8 Å². The Bertz CT molecular complexity index is 513. The highest BCUT2D eigenvalue weighted by Crippen LogP contribution is 2.18. The first-order valence-corrected chi connectivity index (χ1v) is 7.64. The fraction of sp³-hybridized carbons (Fsp3) is 0.529. The highest BCUT2D eigenvalue weighted by molar-refractivity contribution is 5.78. The third-order valence-corrected chi connectivity index (χ3v) is 3.19. The predicted octanol–water partition coefficient (Wildman–Crippen LogP) is 1.96. The molecule has 1 rings (SSSR count). The maximum Gasteiger partial charge on any atom is 0.223 e. The Morgan fingerprint density at radius 1 is 1.14 bits per heavy atom. The molecule has 0 aliphatic heterocycles. The number of nitrogens with one attached hydrogen (secondary N) is 2.